The van der Waals surface area contributed by atoms with Crippen LogP contribution in [0.3, 0.4) is 0 Å². The SMILES string of the molecule is CCCC1CCN(c2ccc(C(CC)NCC)nc2)CC1. The molecule has 1 aromatic rings. The number of nitrogens with one attached hydrogen (secondary N) is 1. The van der Waals surface area contributed by atoms with Crippen LogP contribution in [0.2, 0.25) is 0 Å². The molecular weight excluding hydrogens is 258 g/mol. The van der Waals surface area contributed by atoms with Crippen LogP contribution in [0.25, 0.3) is 0 Å². The van der Waals surface area contributed by atoms with Crippen molar-refractivity contribution in [1.29, 1.82) is 0 Å². The monoisotopic (exact) mass is 289 g/mol. The lowest BCUT2D eigenvalue weighted by Crippen LogP contribution is -2.33. The molecule has 21 heavy (non-hydrogen) atoms. The Labute approximate surface area is 130 Å². The van der Waals surface area contributed by atoms with Crippen LogP contribution in [0, 0.1) is 5.92 Å². The second-order valence-corrected chi connectivity index (χ2v) is 6.18. The summed E-state index contributed by atoms with van der Waals surface area (Å²) in [5, 5.41) is 3.49. The molecule has 3 heteroatoms. The van der Waals surface area contributed by atoms with E-state index in [0.717, 1.165) is 18.9 Å². The van der Waals surface area contributed by atoms with Crippen molar-refractivity contribution in [2.45, 2.75) is 58.9 Å². The Morgan fingerprint density at radius 3 is 2.52 bits per heavy atom. The predicted octanol–water partition coefficient (Wildman–Crippen LogP) is 4.16. The minimum Gasteiger partial charge on any atom is -0.370 e. The molecule has 1 unspecified atom stereocenters. The highest BCUT2D eigenvalue weighted by Crippen LogP contribution is 2.26. The predicted molar refractivity (Wildman–Crippen MR) is 90.8 cm³/mol. The molecule has 0 saturated carbocycles. The quantitative estimate of drug-likeness (QED) is 0.817. The first-order valence-corrected chi connectivity index (χ1v) is 8.72. The standard InChI is InChI=1S/C18H31N3/c1-4-7-15-10-12-21(13-11-15)16-8-9-18(20-14-16)17(5-2)19-6-3/h8-9,14-15,17,19H,4-7,10-13H2,1-3H3. The molecule has 0 spiro atoms. The number of hydrogen-bond donors (Lipinski definition) is 1. The molecule has 0 aromatic carbocycles. The van der Waals surface area contributed by atoms with Crippen molar-refractivity contribution < 1.29 is 0 Å². The molecule has 1 saturated heterocycles. The Morgan fingerprint density at radius 1 is 1.24 bits per heavy atom. The summed E-state index contributed by atoms with van der Waals surface area (Å²) in [5.74, 6) is 0.941. The fourth-order valence-corrected chi connectivity index (χ4v) is 3.38. The van der Waals surface area contributed by atoms with E-state index in [-0.39, 0.29) is 0 Å². The van der Waals surface area contributed by atoms with Gasteiger partial charge in [0.1, 0.15) is 0 Å². The van der Waals surface area contributed by atoms with E-state index in [1.54, 1.807) is 0 Å². The maximum Gasteiger partial charge on any atom is 0.0574 e. The molecule has 1 fully saturated rings. The zero-order valence-corrected chi connectivity index (χ0v) is 13.9. The number of nitrogens with zero attached hydrogens (tertiary/aromatic N) is 2. The van der Waals surface area contributed by atoms with Crippen molar-refractivity contribution in [2.75, 3.05) is 24.5 Å². The summed E-state index contributed by atoms with van der Waals surface area (Å²) in [7, 11) is 0. The molecule has 0 aliphatic carbocycles. The highest BCUT2D eigenvalue weighted by Gasteiger charge is 2.19. The molecule has 3 nitrogen and oxygen atoms in total. The van der Waals surface area contributed by atoms with Gasteiger partial charge in [-0.05, 0) is 43.9 Å². The fraction of sp³-hybridized carbons (Fsp3) is 0.722. The lowest BCUT2D eigenvalue weighted by Gasteiger charge is -2.33. The van der Waals surface area contributed by atoms with E-state index in [1.165, 1.54) is 50.2 Å². The molecule has 1 aromatic heterocycles. The Morgan fingerprint density at radius 2 is 2.00 bits per heavy atom. The minimum atomic E-state index is 0.388. The summed E-state index contributed by atoms with van der Waals surface area (Å²) < 4.78 is 0. The Hall–Kier alpha value is -1.09. The van der Waals surface area contributed by atoms with E-state index in [0.29, 0.717) is 6.04 Å². The van der Waals surface area contributed by atoms with Crippen LogP contribution in [-0.4, -0.2) is 24.6 Å². The Bertz CT molecular complexity index is 393. The highest BCUT2D eigenvalue weighted by atomic mass is 15.1. The third-order valence-corrected chi connectivity index (χ3v) is 4.66. The van der Waals surface area contributed by atoms with Crippen LogP contribution in [0.4, 0.5) is 5.69 Å². The van der Waals surface area contributed by atoms with Crippen molar-refractivity contribution in [2.24, 2.45) is 5.92 Å². The van der Waals surface area contributed by atoms with Gasteiger partial charge in [0.25, 0.3) is 0 Å². The molecule has 118 valence electrons. The van der Waals surface area contributed by atoms with Gasteiger partial charge in [-0.2, -0.15) is 0 Å². The Kier molecular flexibility index (Phi) is 6.50. The fourth-order valence-electron chi connectivity index (χ4n) is 3.38. The van der Waals surface area contributed by atoms with Gasteiger partial charge in [0.05, 0.1) is 17.6 Å². The second kappa shape index (κ2) is 8.38. The van der Waals surface area contributed by atoms with Crippen LogP contribution < -0.4 is 10.2 Å². The van der Waals surface area contributed by atoms with Gasteiger partial charge in [-0.25, -0.2) is 0 Å². The summed E-state index contributed by atoms with van der Waals surface area (Å²) in [6.07, 6.45) is 8.54. The molecule has 0 bridgehead atoms. The van der Waals surface area contributed by atoms with Crippen molar-refractivity contribution in [3.05, 3.63) is 24.0 Å². The molecule has 0 radical (unpaired) electrons. The number of pyridine rings is 1. The smallest absolute Gasteiger partial charge is 0.0574 e. The van der Waals surface area contributed by atoms with Crippen LogP contribution in [-0.2, 0) is 0 Å². The molecule has 2 rings (SSSR count). The number of hydrogen-bond acceptors (Lipinski definition) is 3. The van der Waals surface area contributed by atoms with Crippen LogP contribution >= 0.6 is 0 Å². The highest BCUT2D eigenvalue weighted by molar-refractivity contribution is 5.45. The lowest BCUT2D eigenvalue weighted by molar-refractivity contribution is 0.378. The second-order valence-electron chi connectivity index (χ2n) is 6.18. The van der Waals surface area contributed by atoms with Crippen molar-refractivity contribution >= 4 is 5.69 Å². The van der Waals surface area contributed by atoms with Gasteiger partial charge >= 0.3 is 0 Å². The van der Waals surface area contributed by atoms with Gasteiger partial charge in [0, 0.05) is 19.1 Å². The largest absolute Gasteiger partial charge is 0.370 e. The average molecular weight is 289 g/mol. The zero-order chi connectivity index (χ0) is 15.1. The van der Waals surface area contributed by atoms with Crippen molar-refractivity contribution in [3.8, 4) is 0 Å². The van der Waals surface area contributed by atoms with Crippen LogP contribution in [0.15, 0.2) is 18.3 Å². The summed E-state index contributed by atoms with van der Waals surface area (Å²) in [5.41, 5.74) is 2.46. The first kappa shape index (κ1) is 16.3. The Balaban J connectivity index is 1.93. The van der Waals surface area contributed by atoms with E-state index in [4.69, 9.17) is 4.98 Å². The van der Waals surface area contributed by atoms with Gasteiger partial charge in [0.2, 0.25) is 0 Å². The van der Waals surface area contributed by atoms with Crippen LogP contribution in [0.1, 0.15) is 64.6 Å². The van der Waals surface area contributed by atoms with E-state index in [1.807, 2.05) is 0 Å². The van der Waals surface area contributed by atoms with Crippen molar-refractivity contribution in [1.82, 2.24) is 10.3 Å². The number of anilines is 1. The summed E-state index contributed by atoms with van der Waals surface area (Å²) in [6, 6.07) is 4.84. The van der Waals surface area contributed by atoms with E-state index >= 15 is 0 Å². The maximum absolute atomic E-state index is 4.69. The van der Waals surface area contributed by atoms with Gasteiger partial charge in [-0.15, -0.1) is 0 Å². The normalized spacial score (nSPS) is 18.0. The first-order chi connectivity index (χ1) is 10.3. The van der Waals surface area contributed by atoms with E-state index < -0.39 is 0 Å². The molecular formula is C18H31N3. The molecule has 0 amide bonds. The van der Waals surface area contributed by atoms with Gasteiger partial charge in [-0.1, -0.05) is 33.6 Å². The van der Waals surface area contributed by atoms with E-state index in [9.17, 15) is 0 Å². The van der Waals surface area contributed by atoms with E-state index in [2.05, 4.69) is 49.3 Å². The molecule has 1 aliphatic heterocycles. The minimum absolute atomic E-state index is 0.388. The maximum atomic E-state index is 4.69. The molecule has 1 atom stereocenters. The van der Waals surface area contributed by atoms with Crippen LogP contribution in [0.5, 0.6) is 0 Å². The summed E-state index contributed by atoms with van der Waals surface area (Å²) >= 11 is 0. The number of piperidine rings is 1. The van der Waals surface area contributed by atoms with Gasteiger partial charge < -0.3 is 10.2 Å². The molecule has 1 aliphatic rings. The first-order valence-electron chi connectivity index (χ1n) is 8.72. The third-order valence-electron chi connectivity index (χ3n) is 4.66. The molecule has 1 N–H and O–H groups in total. The lowest BCUT2D eigenvalue weighted by atomic mass is 9.92. The zero-order valence-electron chi connectivity index (χ0n) is 13.9. The van der Waals surface area contributed by atoms with Gasteiger partial charge in [0.15, 0.2) is 0 Å². The molecule has 2 heterocycles. The summed E-state index contributed by atoms with van der Waals surface area (Å²) in [4.78, 5) is 7.19. The average Bonchev–Trinajstić information content (AvgIpc) is 2.54. The van der Waals surface area contributed by atoms with Crippen molar-refractivity contribution in [3.63, 3.8) is 0 Å². The topological polar surface area (TPSA) is 28.2 Å². The summed E-state index contributed by atoms with van der Waals surface area (Å²) in [6.45, 7) is 10.0. The number of rotatable bonds is 7. The number of aromatic nitrogens is 1. The van der Waals surface area contributed by atoms with Gasteiger partial charge in [-0.3, -0.25) is 4.98 Å². The third kappa shape index (κ3) is 4.44.